The summed E-state index contributed by atoms with van der Waals surface area (Å²) in [5.74, 6) is -0.555. The number of unbranched alkanes of at least 4 members (excludes halogenated alkanes) is 8. The molecule has 1 heterocycles. The first-order valence-corrected chi connectivity index (χ1v) is 11.0. The van der Waals surface area contributed by atoms with Gasteiger partial charge in [0.1, 0.15) is 10.5 Å². The second kappa shape index (κ2) is 11.9. The van der Waals surface area contributed by atoms with E-state index >= 15 is 0 Å². The first kappa shape index (κ1) is 24.1. The molecule has 2 rings (SSSR count). The zero-order chi connectivity index (χ0) is 22.1. The zero-order valence-corrected chi connectivity index (χ0v) is 18.4. The largest absolute Gasteiger partial charge is 0.314 e. The van der Waals surface area contributed by atoms with Gasteiger partial charge in [-0.15, -0.1) is 0 Å². The molecule has 0 fully saturated rings. The number of H-pyrrole nitrogens is 1. The quantitative estimate of drug-likeness (QED) is 0.230. The Morgan fingerprint density at radius 1 is 1.13 bits per heavy atom. The number of nitro groups is 1. The van der Waals surface area contributed by atoms with Crippen molar-refractivity contribution in [3.05, 3.63) is 36.6 Å². The Balaban J connectivity index is 1.92. The number of nitrogens with zero attached hydrogens (tertiary/aromatic N) is 2. The van der Waals surface area contributed by atoms with Gasteiger partial charge in [0.2, 0.25) is 5.91 Å². The summed E-state index contributed by atoms with van der Waals surface area (Å²) in [6.45, 7) is 2.20. The van der Waals surface area contributed by atoms with Crippen LogP contribution >= 0.6 is 23.2 Å². The van der Waals surface area contributed by atoms with E-state index in [1.165, 1.54) is 44.6 Å². The maximum Gasteiger partial charge on any atom is 0.314 e. The Morgan fingerprint density at radius 2 is 1.73 bits per heavy atom. The molecule has 1 aromatic carbocycles. The lowest BCUT2D eigenvalue weighted by molar-refractivity contribution is -0.383. The number of hydrogen-bond acceptors (Lipinski definition) is 5. The van der Waals surface area contributed by atoms with Crippen molar-refractivity contribution in [2.45, 2.75) is 71.1 Å². The summed E-state index contributed by atoms with van der Waals surface area (Å²) < 4.78 is 0. The predicted molar refractivity (Wildman–Crippen MR) is 120 cm³/mol. The summed E-state index contributed by atoms with van der Waals surface area (Å²) in [6.07, 6.45) is 10.5. The maximum absolute atomic E-state index is 12.2. The van der Waals surface area contributed by atoms with E-state index < -0.39 is 16.2 Å². The molecule has 2 N–H and O–H groups in total. The Kier molecular flexibility index (Phi) is 9.52. The third-order valence-electron chi connectivity index (χ3n) is 4.81. The van der Waals surface area contributed by atoms with Gasteiger partial charge in [-0.3, -0.25) is 19.7 Å². The first-order chi connectivity index (χ1) is 14.3. The van der Waals surface area contributed by atoms with Crippen LogP contribution in [0.1, 0.15) is 71.1 Å². The van der Waals surface area contributed by atoms with E-state index in [-0.39, 0.29) is 39.2 Å². The monoisotopic (exact) mass is 456 g/mol. The number of nitrogens with one attached hydrogen (secondary N) is 2. The highest BCUT2D eigenvalue weighted by atomic mass is 35.5. The molecule has 0 saturated carbocycles. The molecule has 1 amide bonds. The second-order valence-corrected chi connectivity index (χ2v) is 8.00. The van der Waals surface area contributed by atoms with Crippen molar-refractivity contribution in [3.63, 3.8) is 0 Å². The highest BCUT2D eigenvalue weighted by Crippen LogP contribution is 2.36. The molecule has 0 bridgehead atoms. The van der Waals surface area contributed by atoms with Gasteiger partial charge in [0.15, 0.2) is 5.82 Å². The molecule has 8 nitrogen and oxygen atoms in total. The molecule has 0 aliphatic rings. The number of carbonyl (C=O) groups is 1. The SMILES string of the molecule is CCCCCCCCCCCC(=O)Nc1nc2cc(Cl)c(Cl)c([N+](=O)[O-])c2[nH]c1=O. The number of nitro benzene ring substituents is 1. The molecule has 0 radical (unpaired) electrons. The Hall–Kier alpha value is -2.19. The molecule has 0 unspecified atom stereocenters. The van der Waals surface area contributed by atoms with Crippen molar-refractivity contribution in [3.8, 4) is 0 Å². The van der Waals surface area contributed by atoms with Gasteiger partial charge in [0, 0.05) is 6.42 Å². The van der Waals surface area contributed by atoms with Crippen molar-refractivity contribution in [1.29, 1.82) is 0 Å². The van der Waals surface area contributed by atoms with Crippen LogP contribution < -0.4 is 10.9 Å². The van der Waals surface area contributed by atoms with E-state index in [0.717, 1.165) is 19.3 Å². The van der Waals surface area contributed by atoms with Crippen LogP contribution in [0.5, 0.6) is 0 Å². The Morgan fingerprint density at radius 3 is 2.33 bits per heavy atom. The maximum atomic E-state index is 12.2. The zero-order valence-electron chi connectivity index (χ0n) is 16.9. The predicted octanol–water partition coefficient (Wildman–Crippen LogP) is 6.00. The lowest BCUT2D eigenvalue weighted by atomic mass is 10.1. The molecule has 0 spiro atoms. The molecule has 0 atom stereocenters. The lowest BCUT2D eigenvalue weighted by Gasteiger charge is -2.07. The summed E-state index contributed by atoms with van der Waals surface area (Å²) in [7, 11) is 0. The first-order valence-electron chi connectivity index (χ1n) is 10.2. The number of benzene rings is 1. The van der Waals surface area contributed by atoms with E-state index in [0.29, 0.717) is 0 Å². The number of fused-ring (bicyclic) bond motifs is 1. The number of aromatic amines is 1. The smallest absolute Gasteiger partial charge is 0.312 e. The van der Waals surface area contributed by atoms with E-state index in [1.807, 2.05) is 0 Å². The molecule has 0 aliphatic carbocycles. The highest BCUT2D eigenvalue weighted by molar-refractivity contribution is 6.44. The van der Waals surface area contributed by atoms with Crippen LogP contribution in [0, 0.1) is 10.1 Å². The van der Waals surface area contributed by atoms with Crippen molar-refractivity contribution in [2.75, 3.05) is 5.32 Å². The number of rotatable bonds is 12. The number of carbonyl (C=O) groups excluding carboxylic acids is 1. The van der Waals surface area contributed by atoms with Crippen LogP contribution in [0.3, 0.4) is 0 Å². The summed E-state index contributed by atoms with van der Waals surface area (Å²) in [4.78, 5) is 41.3. The van der Waals surface area contributed by atoms with Crippen LogP contribution in [-0.4, -0.2) is 20.8 Å². The van der Waals surface area contributed by atoms with E-state index in [2.05, 4.69) is 22.2 Å². The fraction of sp³-hybridized carbons (Fsp3) is 0.550. The van der Waals surface area contributed by atoms with Crippen LogP contribution in [0.2, 0.25) is 10.0 Å². The minimum absolute atomic E-state index is 0.0640. The normalized spacial score (nSPS) is 11.0. The number of hydrogen-bond donors (Lipinski definition) is 2. The average Bonchev–Trinajstić information content (AvgIpc) is 2.68. The van der Waals surface area contributed by atoms with Crippen LogP contribution in [0.15, 0.2) is 10.9 Å². The molecular formula is C20H26Cl2N4O4. The van der Waals surface area contributed by atoms with Gasteiger partial charge in [0.25, 0.3) is 5.56 Å². The highest BCUT2D eigenvalue weighted by Gasteiger charge is 2.23. The topological polar surface area (TPSA) is 118 Å². The molecule has 0 aliphatic heterocycles. The fourth-order valence-corrected chi connectivity index (χ4v) is 3.61. The third kappa shape index (κ3) is 6.67. The van der Waals surface area contributed by atoms with Gasteiger partial charge in [0.05, 0.1) is 15.5 Å². The van der Waals surface area contributed by atoms with Gasteiger partial charge in [-0.1, -0.05) is 81.5 Å². The summed E-state index contributed by atoms with van der Waals surface area (Å²) in [6, 6.07) is 1.30. The van der Waals surface area contributed by atoms with Gasteiger partial charge in [-0.05, 0) is 12.5 Å². The van der Waals surface area contributed by atoms with Crippen molar-refractivity contribution in [2.24, 2.45) is 0 Å². The van der Waals surface area contributed by atoms with Crippen molar-refractivity contribution >= 4 is 51.6 Å². The molecule has 1 aromatic heterocycles. The molecule has 30 heavy (non-hydrogen) atoms. The summed E-state index contributed by atoms with van der Waals surface area (Å²) in [5.41, 5.74) is -1.36. The Labute approximate surface area is 184 Å². The minimum Gasteiger partial charge on any atom is -0.312 e. The van der Waals surface area contributed by atoms with Crippen LogP contribution in [-0.2, 0) is 4.79 Å². The van der Waals surface area contributed by atoms with E-state index in [9.17, 15) is 19.7 Å². The van der Waals surface area contributed by atoms with Gasteiger partial charge >= 0.3 is 5.69 Å². The number of amides is 1. The summed E-state index contributed by atoms with van der Waals surface area (Å²) >= 11 is 11.8. The van der Waals surface area contributed by atoms with Crippen molar-refractivity contribution < 1.29 is 9.72 Å². The second-order valence-electron chi connectivity index (χ2n) is 7.21. The Bertz CT molecular complexity index is 962. The van der Waals surface area contributed by atoms with Gasteiger partial charge in [-0.2, -0.15) is 0 Å². The molecule has 2 aromatic rings. The van der Waals surface area contributed by atoms with Crippen molar-refractivity contribution in [1.82, 2.24) is 9.97 Å². The fourth-order valence-electron chi connectivity index (χ4n) is 3.20. The molecular weight excluding hydrogens is 431 g/mol. The molecule has 10 heteroatoms. The standard InChI is InChI=1S/C20H26Cl2N4O4/c1-2-3-4-5-6-7-8-9-10-11-15(27)24-19-20(28)25-17-14(23-19)12-13(21)16(22)18(17)26(29)30/h12H,2-11H2,1H3,(H,25,28)(H,23,24,27). The van der Waals surface area contributed by atoms with E-state index in [1.54, 1.807) is 0 Å². The molecule has 164 valence electrons. The van der Waals surface area contributed by atoms with E-state index in [4.69, 9.17) is 23.2 Å². The average molecular weight is 457 g/mol. The number of aromatic nitrogens is 2. The minimum atomic E-state index is -0.746. The number of anilines is 1. The summed E-state index contributed by atoms with van der Waals surface area (Å²) in [5, 5.41) is 13.4. The van der Waals surface area contributed by atoms with Crippen LogP contribution in [0.4, 0.5) is 11.5 Å². The number of halogens is 2. The lowest BCUT2D eigenvalue weighted by Crippen LogP contribution is -2.21. The van der Waals surface area contributed by atoms with Gasteiger partial charge in [-0.25, -0.2) is 4.98 Å². The van der Waals surface area contributed by atoms with Gasteiger partial charge < -0.3 is 10.3 Å². The molecule has 0 saturated heterocycles. The third-order valence-corrected chi connectivity index (χ3v) is 5.59. The van der Waals surface area contributed by atoms with Crippen LogP contribution in [0.25, 0.3) is 11.0 Å².